The Balaban J connectivity index is 0.00000264. The van der Waals surface area contributed by atoms with E-state index in [9.17, 15) is 8.42 Å². The molecule has 0 aliphatic rings. The molecule has 0 aromatic heterocycles. The number of primary sulfonamides is 1. The van der Waals surface area contributed by atoms with Gasteiger partial charge in [0, 0.05) is 6.54 Å². The van der Waals surface area contributed by atoms with Gasteiger partial charge in [0.1, 0.15) is 0 Å². The zero-order valence-electron chi connectivity index (χ0n) is 12.7. The van der Waals surface area contributed by atoms with E-state index in [0.29, 0.717) is 0 Å². The Morgan fingerprint density at radius 3 is 2.26 bits per heavy atom. The van der Waals surface area contributed by atoms with E-state index in [0.717, 1.165) is 25.1 Å². The van der Waals surface area contributed by atoms with Crippen LogP contribution in [0.2, 0.25) is 0 Å². The van der Waals surface area contributed by atoms with Crippen molar-refractivity contribution in [2.24, 2.45) is 5.14 Å². The van der Waals surface area contributed by atoms with Gasteiger partial charge in [-0.1, -0.05) is 54.6 Å². The number of hydrogen-bond acceptors (Lipinski definition) is 3. The van der Waals surface area contributed by atoms with Crippen LogP contribution in [0.3, 0.4) is 0 Å². The molecule has 6 heteroatoms. The number of halogens is 1. The highest BCUT2D eigenvalue weighted by atomic mass is 35.5. The summed E-state index contributed by atoms with van der Waals surface area (Å²) in [5.41, 5.74) is 2.26. The van der Waals surface area contributed by atoms with Crippen molar-refractivity contribution >= 4 is 16.1 Å². The average molecular weight is 352 g/mol. The molecule has 0 amide bonds. The number of rotatable bonds is 7. The second kappa shape index (κ2) is 9.47. The van der Waals surface area contributed by atoms with Gasteiger partial charge in [-0.05, 0) is 36.2 Å². The molecule has 4 nitrogen and oxygen atoms in total. The lowest BCUT2D eigenvalue weighted by molar-refractivity contribution is -0.00000707. The molecule has 124 valence electrons. The fraction of sp³-hybridized carbons (Fsp3) is 0.176. The summed E-state index contributed by atoms with van der Waals surface area (Å²) in [6.45, 7) is 1.62. The van der Waals surface area contributed by atoms with Gasteiger partial charge in [-0.25, -0.2) is 13.6 Å². The Bertz CT molecular complexity index is 714. The van der Waals surface area contributed by atoms with Crippen molar-refractivity contribution in [2.75, 3.05) is 13.1 Å². The van der Waals surface area contributed by atoms with Gasteiger partial charge in [0.25, 0.3) is 0 Å². The Kier molecular flexibility index (Phi) is 7.98. The van der Waals surface area contributed by atoms with Crippen LogP contribution in [0.4, 0.5) is 0 Å². The molecule has 0 fully saturated rings. The van der Waals surface area contributed by atoms with Crippen molar-refractivity contribution in [1.29, 1.82) is 0 Å². The standard InChI is InChI=1S/C17H20N2O2S.ClH/c18-22(20,21)17-10-8-16(9-11-17)12-14-19-13-4-7-15-5-2-1-3-6-15;/h1-11,19H,12-14H2,(H2,18,20,21);1H/p-1/b7-4+;. The predicted molar refractivity (Wildman–Crippen MR) is 89.9 cm³/mol. The highest BCUT2D eigenvalue weighted by Gasteiger charge is 2.06. The molecule has 0 spiro atoms. The zero-order valence-corrected chi connectivity index (χ0v) is 14.2. The largest absolute Gasteiger partial charge is 1.00 e. The van der Waals surface area contributed by atoms with Crippen LogP contribution in [0.25, 0.3) is 6.08 Å². The maximum absolute atomic E-state index is 11.2. The van der Waals surface area contributed by atoms with Crippen LogP contribution in [-0.2, 0) is 16.4 Å². The van der Waals surface area contributed by atoms with E-state index < -0.39 is 10.0 Å². The first kappa shape index (κ1) is 19.4. The van der Waals surface area contributed by atoms with Crippen molar-refractivity contribution in [1.82, 2.24) is 5.32 Å². The number of hydrogen-bond donors (Lipinski definition) is 2. The first-order valence-corrected chi connectivity index (χ1v) is 8.64. The number of benzene rings is 2. The van der Waals surface area contributed by atoms with Gasteiger partial charge < -0.3 is 17.7 Å². The third kappa shape index (κ3) is 6.97. The summed E-state index contributed by atoms with van der Waals surface area (Å²) in [6, 6.07) is 16.8. The average Bonchev–Trinajstić information content (AvgIpc) is 2.51. The van der Waals surface area contributed by atoms with Crippen LogP contribution in [0.1, 0.15) is 11.1 Å². The fourth-order valence-corrected chi connectivity index (χ4v) is 2.54. The molecule has 23 heavy (non-hydrogen) atoms. The Hall–Kier alpha value is -1.66. The Labute approximate surface area is 143 Å². The van der Waals surface area contributed by atoms with Gasteiger partial charge in [-0.3, -0.25) is 0 Å². The van der Waals surface area contributed by atoms with Crippen LogP contribution in [0.5, 0.6) is 0 Å². The highest BCUT2D eigenvalue weighted by Crippen LogP contribution is 2.08. The molecule has 0 heterocycles. The van der Waals surface area contributed by atoms with Gasteiger partial charge in [0.2, 0.25) is 10.0 Å². The summed E-state index contributed by atoms with van der Waals surface area (Å²) in [5, 5.41) is 8.38. The van der Waals surface area contributed by atoms with Crippen molar-refractivity contribution in [2.45, 2.75) is 11.3 Å². The predicted octanol–water partition coefficient (Wildman–Crippen LogP) is -0.816. The molecule has 3 N–H and O–H groups in total. The molecule has 0 saturated carbocycles. The molecule has 0 saturated heterocycles. The molecule has 2 aromatic rings. The Morgan fingerprint density at radius 1 is 1.00 bits per heavy atom. The first-order valence-electron chi connectivity index (χ1n) is 7.10. The molecule has 0 bridgehead atoms. The zero-order chi connectivity index (χ0) is 15.8. The number of nitrogens with one attached hydrogen (secondary N) is 1. The molecule has 0 radical (unpaired) electrons. The summed E-state index contributed by atoms with van der Waals surface area (Å²) >= 11 is 0. The molecule has 0 unspecified atom stereocenters. The summed E-state index contributed by atoms with van der Waals surface area (Å²) in [7, 11) is -3.60. The Morgan fingerprint density at radius 2 is 1.65 bits per heavy atom. The number of nitrogens with two attached hydrogens (primary N) is 1. The van der Waals surface area contributed by atoms with Crippen LogP contribution in [0.15, 0.2) is 65.6 Å². The summed E-state index contributed by atoms with van der Waals surface area (Å²) < 4.78 is 22.3. The van der Waals surface area contributed by atoms with Crippen LogP contribution in [-0.4, -0.2) is 21.5 Å². The van der Waals surface area contributed by atoms with E-state index in [1.165, 1.54) is 5.56 Å². The lowest BCUT2D eigenvalue weighted by Crippen LogP contribution is -3.00. The van der Waals surface area contributed by atoms with Gasteiger partial charge in [0.05, 0.1) is 4.90 Å². The smallest absolute Gasteiger partial charge is 0.238 e. The minimum absolute atomic E-state index is 0. The second-order valence-electron chi connectivity index (χ2n) is 4.96. The van der Waals surface area contributed by atoms with Crippen LogP contribution < -0.4 is 22.9 Å². The molecule has 0 atom stereocenters. The molecule has 0 aliphatic heterocycles. The van der Waals surface area contributed by atoms with Gasteiger partial charge in [0.15, 0.2) is 0 Å². The molecular weight excluding hydrogens is 332 g/mol. The van der Waals surface area contributed by atoms with Crippen molar-refractivity contribution < 1.29 is 20.8 Å². The molecular formula is C17H20ClN2O2S-. The normalized spacial score (nSPS) is 11.3. The first-order chi connectivity index (χ1) is 10.6. The van der Waals surface area contributed by atoms with Crippen molar-refractivity contribution in [3.05, 3.63) is 71.8 Å². The monoisotopic (exact) mass is 351 g/mol. The van der Waals surface area contributed by atoms with E-state index >= 15 is 0 Å². The lowest BCUT2D eigenvalue weighted by Gasteiger charge is -2.04. The van der Waals surface area contributed by atoms with E-state index in [4.69, 9.17) is 5.14 Å². The van der Waals surface area contributed by atoms with Crippen molar-refractivity contribution in [3.63, 3.8) is 0 Å². The van der Waals surface area contributed by atoms with Crippen LogP contribution >= 0.6 is 0 Å². The van der Waals surface area contributed by atoms with Crippen molar-refractivity contribution in [3.8, 4) is 0 Å². The van der Waals surface area contributed by atoms with E-state index in [1.54, 1.807) is 24.3 Å². The van der Waals surface area contributed by atoms with E-state index in [-0.39, 0.29) is 17.3 Å². The maximum Gasteiger partial charge on any atom is 0.238 e. The second-order valence-corrected chi connectivity index (χ2v) is 6.52. The fourth-order valence-electron chi connectivity index (χ4n) is 2.02. The highest BCUT2D eigenvalue weighted by molar-refractivity contribution is 7.89. The van der Waals surface area contributed by atoms with E-state index in [2.05, 4.69) is 29.6 Å². The van der Waals surface area contributed by atoms with Crippen LogP contribution in [0, 0.1) is 0 Å². The molecule has 0 aliphatic carbocycles. The maximum atomic E-state index is 11.2. The van der Waals surface area contributed by atoms with E-state index in [1.807, 2.05) is 18.2 Å². The summed E-state index contributed by atoms with van der Waals surface area (Å²) in [4.78, 5) is 0.148. The third-order valence-electron chi connectivity index (χ3n) is 3.21. The summed E-state index contributed by atoms with van der Waals surface area (Å²) in [6.07, 6.45) is 5.00. The molecule has 2 aromatic carbocycles. The third-order valence-corrected chi connectivity index (χ3v) is 4.14. The van der Waals surface area contributed by atoms with Gasteiger partial charge >= 0.3 is 0 Å². The minimum Gasteiger partial charge on any atom is -1.00 e. The topological polar surface area (TPSA) is 72.2 Å². The number of sulfonamides is 1. The quantitative estimate of drug-likeness (QED) is 0.640. The summed E-state index contributed by atoms with van der Waals surface area (Å²) in [5.74, 6) is 0. The van der Waals surface area contributed by atoms with Gasteiger partial charge in [-0.2, -0.15) is 0 Å². The minimum atomic E-state index is -3.60. The molecule has 2 rings (SSSR count). The van der Waals surface area contributed by atoms with Gasteiger partial charge in [-0.15, -0.1) is 0 Å². The lowest BCUT2D eigenvalue weighted by atomic mass is 10.1. The SMILES string of the molecule is NS(=O)(=O)c1ccc(CCNC/C=C/c2ccccc2)cc1.[Cl-].